The van der Waals surface area contributed by atoms with E-state index in [0.717, 1.165) is 16.7 Å². The third kappa shape index (κ3) is 2.51. The summed E-state index contributed by atoms with van der Waals surface area (Å²) < 4.78 is 16.4. The number of hydrogen-bond donors (Lipinski definition) is 0. The number of benzene rings is 2. The van der Waals surface area contributed by atoms with Crippen LogP contribution in [-0.4, -0.2) is 12.8 Å². The van der Waals surface area contributed by atoms with Crippen LogP contribution < -0.4 is 0 Å². The van der Waals surface area contributed by atoms with E-state index < -0.39 is 11.8 Å². The van der Waals surface area contributed by atoms with Gasteiger partial charge in [0.1, 0.15) is 24.9 Å². The highest BCUT2D eigenvalue weighted by Crippen LogP contribution is 2.50. The molecule has 0 aliphatic carbocycles. The molecule has 0 radical (unpaired) electrons. The van der Waals surface area contributed by atoms with Crippen LogP contribution in [-0.2, 0) is 26.4 Å². The lowest BCUT2D eigenvalue weighted by molar-refractivity contribution is -0.0579. The lowest BCUT2D eigenvalue weighted by Gasteiger charge is -2.23. The van der Waals surface area contributed by atoms with E-state index in [9.17, 15) is 4.79 Å². The van der Waals surface area contributed by atoms with Crippen LogP contribution in [0.2, 0.25) is 0 Å². The molecule has 4 heteroatoms. The second-order valence-electron chi connectivity index (χ2n) is 5.69. The summed E-state index contributed by atoms with van der Waals surface area (Å²) in [4.78, 5) is 11.8. The fraction of sp³-hybridized carbons (Fsp3) is 0.211. The lowest BCUT2D eigenvalue weighted by Crippen LogP contribution is -2.29. The first kappa shape index (κ1) is 14.0. The van der Waals surface area contributed by atoms with Crippen LogP contribution in [0.5, 0.6) is 0 Å². The number of rotatable bonds is 4. The van der Waals surface area contributed by atoms with E-state index in [-0.39, 0.29) is 19.3 Å². The van der Waals surface area contributed by atoms with Gasteiger partial charge in [0, 0.05) is 0 Å². The minimum absolute atomic E-state index is 0.0462. The number of ether oxygens (including phenoxy) is 3. The molecule has 2 unspecified atom stereocenters. The van der Waals surface area contributed by atoms with Crippen LogP contribution in [0.15, 0.2) is 66.7 Å². The van der Waals surface area contributed by atoms with Crippen molar-refractivity contribution in [1.82, 2.24) is 0 Å². The molecule has 0 saturated carbocycles. The first-order valence-electron chi connectivity index (χ1n) is 7.57. The topological polar surface area (TPSA) is 44.8 Å². The molecule has 0 fully saturated rings. The molecule has 0 amide bonds. The van der Waals surface area contributed by atoms with Gasteiger partial charge in [-0.3, -0.25) is 0 Å². The summed E-state index contributed by atoms with van der Waals surface area (Å²) >= 11 is 0. The SMILES string of the molecule is O=C(OCc1ccccc1)OCC12C=CC(O1)c1ccccc12. The van der Waals surface area contributed by atoms with Gasteiger partial charge in [0.25, 0.3) is 0 Å². The second kappa shape index (κ2) is 5.56. The number of hydrogen-bond acceptors (Lipinski definition) is 4. The normalized spacial score (nSPS) is 23.6. The highest BCUT2D eigenvalue weighted by molar-refractivity contribution is 5.60. The second-order valence-corrected chi connectivity index (χ2v) is 5.69. The Hall–Kier alpha value is -2.59. The third-order valence-electron chi connectivity index (χ3n) is 4.20. The zero-order chi connectivity index (χ0) is 15.7. The molecule has 116 valence electrons. The van der Waals surface area contributed by atoms with E-state index in [2.05, 4.69) is 0 Å². The van der Waals surface area contributed by atoms with E-state index in [1.807, 2.05) is 66.7 Å². The molecule has 0 N–H and O–H groups in total. The van der Waals surface area contributed by atoms with Gasteiger partial charge in [-0.1, -0.05) is 60.7 Å². The summed E-state index contributed by atoms with van der Waals surface area (Å²) in [5.74, 6) is 0. The Bertz CT molecular complexity index is 753. The van der Waals surface area contributed by atoms with Crippen molar-refractivity contribution >= 4 is 6.16 Å². The van der Waals surface area contributed by atoms with Gasteiger partial charge in [-0.25, -0.2) is 4.79 Å². The maximum Gasteiger partial charge on any atom is 0.508 e. The zero-order valence-corrected chi connectivity index (χ0v) is 12.5. The smallest absolute Gasteiger partial charge is 0.430 e. The molecular formula is C19H16O4. The van der Waals surface area contributed by atoms with E-state index in [1.165, 1.54) is 0 Å². The summed E-state index contributed by atoms with van der Waals surface area (Å²) in [6, 6.07) is 17.5. The van der Waals surface area contributed by atoms with Crippen LogP contribution >= 0.6 is 0 Å². The Kier molecular flexibility index (Phi) is 3.39. The van der Waals surface area contributed by atoms with Crippen molar-refractivity contribution in [2.45, 2.75) is 18.3 Å². The van der Waals surface area contributed by atoms with Crippen molar-refractivity contribution in [1.29, 1.82) is 0 Å². The Balaban J connectivity index is 1.38. The largest absolute Gasteiger partial charge is 0.508 e. The quantitative estimate of drug-likeness (QED) is 0.635. The molecule has 4 rings (SSSR count). The van der Waals surface area contributed by atoms with Gasteiger partial charge in [-0.2, -0.15) is 0 Å². The summed E-state index contributed by atoms with van der Waals surface area (Å²) in [7, 11) is 0. The van der Waals surface area contributed by atoms with Gasteiger partial charge in [0.05, 0.1) is 0 Å². The average Bonchev–Trinajstić information content (AvgIpc) is 3.17. The van der Waals surface area contributed by atoms with Crippen LogP contribution in [0.1, 0.15) is 22.8 Å². The van der Waals surface area contributed by atoms with Gasteiger partial charge >= 0.3 is 6.16 Å². The van der Waals surface area contributed by atoms with Gasteiger partial charge in [-0.15, -0.1) is 0 Å². The van der Waals surface area contributed by atoms with Crippen molar-refractivity contribution in [3.63, 3.8) is 0 Å². The molecule has 4 nitrogen and oxygen atoms in total. The number of carbonyl (C=O) groups is 1. The van der Waals surface area contributed by atoms with Crippen LogP contribution in [0, 0.1) is 0 Å². The highest BCUT2D eigenvalue weighted by atomic mass is 16.7. The van der Waals surface area contributed by atoms with E-state index in [0.29, 0.717) is 0 Å². The standard InChI is InChI=1S/C19H16O4/c20-18(21-12-14-6-2-1-3-7-14)22-13-19-11-10-17(23-19)15-8-4-5-9-16(15)19/h1-11,17H,12-13H2. The Morgan fingerprint density at radius 3 is 2.70 bits per heavy atom. The van der Waals surface area contributed by atoms with Crippen LogP contribution in [0.4, 0.5) is 4.79 Å². The maximum absolute atomic E-state index is 11.8. The van der Waals surface area contributed by atoms with Gasteiger partial charge < -0.3 is 14.2 Å². The predicted molar refractivity (Wildman–Crippen MR) is 83.7 cm³/mol. The minimum atomic E-state index is -0.687. The summed E-state index contributed by atoms with van der Waals surface area (Å²) in [5, 5.41) is 0. The molecular weight excluding hydrogens is 292 g/mol. The lowest BCUT2D eigenvalue weighted by atomic mass is 9.88. The first-order valence-corrected chi connectivity index (χ1v) is 7.57. The number of carbonyl (C=O) groups excluding carboxylic acids is 1. The highest BCUT2D eigenvalue weighted by Gasteiger charge is 2.47. The zero-order valence-electron chi connectivity index (χ0n) is 12.5. The van der Waals surface area contributed by atoms with E-state index in [1.54, 1.807) is 0 Å². The summed E-state index contributed by atoms with van der Waals surface area (Å²) in [6.07, 6.45) is 3.23. The van der Waals surface area contributed by atoms with E-state index >= 15 is 0 Å². The molecule has 2 aliphatic rings. The molecule has 0 saturated heterocycles. The Morgan fingerprint density at radius 1 is 1.04 bits per heavy atom. The molecule has 2 atom stereocenters. The monoisotopic (exact) mass is 308 g/mol. The number of fused-ring (bicyclic) bond motifs is 5. The molecule has 2 heterocycles. The fourth-order valence-electron chi connectivity index (χ4n) is 3.08. The Labute approximate surface area is 134 Å². The van der Waals surface area contributed by atoms with Crippen molar-refractivity contribution in [3.8, 4) is 0 Å². The molecule has 23 heavy (non-hydrogen) atoms. The van der Waals surface area contributed by atoms with Crippen molar-refractivity contribution in [2.75, 3.05) is 6.61 Å². The van der Waals surface area contributed by atoms with Gasteiger partial charge in [-0.05, 0) is 22.8 Å². The molecule has 2 aliphatic heterocycles. The van der Waals surface area contributed by atoms with Crippen molar-refractivity contribution in [3.05, 3.63) is 83.4 Å². The van der Waals surface area contributed by atoms with Crippen molar-refractivity contribution in [2.24, 2.45) is 0 Å². The third-order valence-corrected chi connectivity index (χ3v) is 4.20. The van der Waals surface area contributed by atoms with Gasteiger partial charge in [0.15, 0.2) is 0 Å². The summed E-state index contributed by atoms with van der Waals surface area (Å²) in [5.41, 5.74) is 2.44. The van der Waals surface area contributed by atoms with Crippen molar-refractivity contribution < 1.29 is 19.0 Å². The first-order chi connectivity index (χ1) is 11.3. The molecule has 0 spiro atoms. The van der Waals surface area contributed by atoms with E-state index in [4.69, 9.17) is 14.2 Å². The Morgan fingerprint density at radius 2 is 1.83 bits per heavy atom. The average molecular weight is 308 g/mol. The fourth-order valence-corrected chi connectivity index (χ4v) is 3.08. The molecule has 0 aromatic heterocycles. The van der Waals surface area contributed by atoms with Gasteiger partial charge in [0.2, 0.25) is 0 Å². The minimum Gasteiger partial charge on any atom is -0.430 e. The molecule has 2 aromatic carbocycles. The maximum atomic E-state index is 11.8. The van der Waals surface area contributed by atoms with Crippen LogP contribution in [0.3, 0.4) is 0 Å². The van der Waals surface area contributed by atoms with Crippen LogP contribution in [0.25, 0.3) is 0 Å². The summed E-state index contributed by atoms with van der Waals surface area (Å²) in [6.45, 7) is 0.313. The predicted octanol–water partition coefficient (Wildman–Crippen LogP) is 3.88. The molecule has 2 aromatic rings. The molecule has 2 bridgehead atoms.